The third-order valence-electron chi connectivity index (χ3n) is 3.96. The van der Waals surface area contributed by atoms with E-state index in [2.05, 4.69) is 5.32 Å². The van der Waals surface area contributed by atoms with E-state index in [-0.39, 0.29) is 42.7 Å². The van der Waals surface area contributed by atoms with Crippen molar-refractivity contribution in [3.05, 3.63) is 0 Å². The molecule has 1 aliphatic heterocycles. The second-order valence-electron chi connectivity index (χ2n) is 5.43. The van der Waals surface area contributed by atoms with Crippen LogP contribution in [0, 0.1) is 5.92 Å². The first-order chi connectivity index (χ1) is 8.66. The van der Waals surface area contributed by atoms with Gasteiger partial charge in [0.05, 0.1) is 6.54 Å². The number of nitrogens with zero attached hydrogens (tertiary/aromatic N) is 1. The molecule has 1 aliphatic carbocycles. The molecule has 0 aromatic heterocycles. The van der Waals surface area contributed by atoms with Crippen molar-refractivity contribution in [3.8, 4) is 0 Å². The van der Waals surface area contributed by atoms with Crippen LogP contribution in [0.5, 0.6) is 0 Å². The minimum atomic E-state index is -0.00213. The van der Waals surface area contributed by atoms with Crippen LogP contribution in [0.25, 0.3) is 0 Å². The van der Waals surface area contributed by atoms with Crippen LogP contribution in [0.2, 0.25) is 0 Å². The summed E-state index contributed by atoms with van der Waals surface area (Å²) in [7, 11) is 0. The van der Waals surface area contributed by atoms with Crippen molar-refractivity contribution in [2.75, 3.05) is 19.6 Å². The number of carbonyl (C=O) groups excluding carboxylic acids is 2. The smallest absolute Gasteiger partial charge is 0.241 e. The zero-order valence-corrected chi connectivity index (χ0v) is 12.1. The Balaban J connectivity index is 0.00000180. The van der Waals surface area contributed by atoms with Gasteiger partial charge in [-0.15, -0.1) is 12.4 Å². The Bertz CT molecular complexity index is 319. The lowest BCUT2D eigenvalue weighted by Gasteiger charge is -2.26. The van der Waals surface area contributed by atoms with E-state index in [1.165, 1.54) is 0 Å². The van der Waals surface area contributed by atoms with Crippen LogP contribution < -0.4 is 11.1 Å². The van der Waals surface area contributed by atoms with Gasteiger partial charge >= 0.3 is 0 Å². The minimum Gasteiger partial charge on any atom is -0.347 e. The van der Waals surface area contributed by atoms with Crippen molar-refractivity contribution in [2.24, 2.45) is 11.7 Å². The maximum Gasteiger partial charge on any atom is 0.241 e. The van der Waals surface area contributed by atoms with Crippen molar-refractivity contribution in [2.45, 2.75) is 44.6 Å². The lowest BCUT2D eigenvalue weighted by atomic mass is 9.85. The lowest BCUT2D eigenvalue weighted by molar-refractivity contribution is -0.133. The molecule has 2 atom stereocenters. The highest BCUT2D eigenvalue weighted by Crippen LogP contribution is 2.23. The van der Waals surface area contributed by atoms with Gasteiger partial charge in [-0.1, -0.05) is 6.42 Å². The van der Waals surface area contributed by atoms with Gasteiger partial charge in [-0.3, -0.25) is 9.59 Å². The molecule has 19 heavy (non-hydrogen) atoms. The van der Waals surface area contributed by atoms with Crippen LogP contribution in [0.1, 0.15) is 38.5 Å². The van der Waals surface area contributed by atoms with Crippen molar-refractivity contribution in [1.29, 1.82) is 0 Å². The van der Waals surface area contributed by atoms with Crippen LogP contribution in [-0.2, 0) is 9.59 Å². The molecule has 0 aromatic carbocycles. The third kappa shape index (κ3) is 4.66. The summed E-state index contributed by atoms with van der Waals surface area (Å²) in [6.07, 6.45) is 5.84. The average Bonchev–Trinajstić information content (AvgIpc) is 2.89. The van der Waals surface area contributed by atoms with Crippen LogP contribution in [0.15, 0.2) is 0 Å². The number of nitrogens with two attached hydrogens (primary N) is 1. The summed E-state index contributed by atoms with van der Waals surface area (Å²) < 4.78 is 0. The van der Waals surface area contributed by atoms with Crippen molar-refractivity contribution in [1.82, 2.24) is 10.2 Å². The molecule has 0 spiro atoms. The molecule has 2 rings (SSSR count). The average molecular weight is 290 g/mol. The second-order valence-corrected chi connectivity index (χ2v) is 5.43. The summed E-state index contributed by atoms with van der Waals surface area (Å²) in [4.78, 5) is 25.5. The summed E-state index contributed by atoms with van der Waals surface area (Å²) in [6.45, 7) is 1.82. The molecule has 1 heterocycles. The van der Waals surface area contributed by atoms with E-state index >= 15 is 0 Å². The van der Waals surface area contributed by atoms with Gasteiger partial charge in [0.1, 0.15) is 0 Å². The van der Waals surface area contributed by atoms with Gasteiger partial charge in [-0.25, -0.2) is 0 Å². The standard InChI is InChI=1S/C13H23N3O2.ClH/c14-11-5-3-4-10(8-11)13(18)15-9-12(17)16-6-1-2-7-16;/h10-11H,1-9,14H2,(H,15,18);1H. The minimum absolute atomic E-state index is 0. The highest BCUT2D eigenvalue weighted by atomic mass is 35.5. The Kier molecular flexibility index (Phi) is 6.58. The molecule has 0 bridgehead atoms. The van der Waals surface area contributed by atoms with Crippen LogP contribution >= 0.6 is 12.4 Å². The highest BCUT2D eigenvalue weighted by Gasteiger charge is 2.26. The molecule has 2 fully saturated rings. The normalized spacial score (nSPS) is 26.7. The summed E-state index contributed by atoms with van der Waals surface area (Å²) in [5.74, 6) is 0.0405. The molecule has 0 aromatic rings. The third-order valence-corrected chi connectivity index (χ3v) is 3.96. The highest BCUT2D eigenvalue weighted by molar-refractivity contribution is 5.86. The first-order valence-electron chi connectivity index (χ1n) is 6.98. The van der Waals surface area contributed by atoms with Gasteiger partial charge in [0, 0.05) is 25.0 Å². The van der Waals surface area contributed by atoms with Crippen molar-refractivity contribution < 1.29 is 9.59 Å². The number of likely N-dealkylation sites (tertiary alicyclic amines) is 1. The maximum absolute atomic E-state index is 11.9. The van der Waals surface area contributed by atoms with E-state index in [1.54, 1.807) is 0 Å². The predicted octanol–water partition coefficient (Wildman–Crippen LogP) is 0.664. The lowest BCUT2D eigenvalue weighted by Crippen LogP contribution is -2.43. The van der Waals surface area contributed by atoms with E-state index in [1.807, 2.05) is 4.90 Å². The van der Waals surface area contributed by atoms with E-state index in [0.29, 0.717) is 0 Å². The fraction of sp³-hybridized carbons (Fsp3) is 0.846. The SMILES string of the molecule is Cl.NC1CCCC(C(=O)NCC(=O)N2CCCC2)C1. The number of hydrogen-bond donors (Lipinski definition) is 2. The largest absolute Gasteiger partial charge is 0.347 e. The molecule has 1 saturated carbocycles. The molecule has 1 saturated heterocycles. The molecular weight excluding hydrogens is 266 g/mol. The zero-order valence-electron chi connectivity index (χ0n) is 11.3. The fourth-order valence-electron chi connectivity index (χ4n) is 2.85. The van der Waals surface area contributed by atoms with Gasteiger partial charge in [0.15, 0.2) is 0 Å². The van der Waals surface area contributed by atoms with E-state index < -0.39 is 0 Å². The molecule has 0 radical (unpaired) electrons. The molecule has 5 nitrogen and oxygen atoms in total. The van der Waals surface area contributed by atoms with Crippen LogP contribution in [0.3, 0.4) is 0 Å². The number of rotatable bonds is 3. The Morgan fingerprint density at radius 1 is 1.16 bits per heavy atom. The van der Waals surface area contributed by atoms with E-state index in [0.717, 1.165) is 51.6 Å². The zero-order chi connectivity index (χ0) is 13.0. The summed E-state index contributed by atoms with van der Waals surface area (Å²) >= 11 is 0. The van der Waals surface area contributed by atoms with Crippen molar-refractivity contribution in [3.63, 3.8) is 0 Å². The van der Waals surface area contributed by atoms with Gasteiger partial charge in [-0.05, 0) is 32.1 Å². The molecule has 2 aliphatic rings. The number of halogens is 1. The number of hydrogen-bond acceptors (Lipinski definition) is 3. The molecule has 2 unspecified atom stereocenters. The topological polar surface area (TPSA) is 75.4 Å². The second kappa shape index (κ2) is 7.70. The molecule has 3 N–H and O–H groups in total. The van der Waals surface area contributed by atoms with Crippen LogP contribution in [-0.4, -0.2) is 42.4 Å². The Hall–Kier alpha value is -0.810. The van der Waals surface area contributed by atoms with Crippen molar-refractivity contribution >= 4 is 24.2 Å². The van der Waals surface area contributed by atoms with Gasteiger partial charge in [0.25, 0.3) is 0 Å². The number of carbonyl (C=O) groups is 2. The first kappa shape index (κ1) is 16.2. The maximum atomic E-state index is 11.9. The predicted molar refractivity (Wildman–Crippen MR) is 76.0 cm³/mol. The summed E-state index contributed by atoms with van der Waals surface area (Å²) in [5.41, 5.74) is 5.86. The van der Waals surface area contributed by atoms with E-state index in [4.69, 9.17) is 5.73 Å². The Morgan fingerprint density at radius 3 is 2.47 bits per heavy atom. The first-order valence-corrected chi connectivity index (χ1v) is 6.98. The number of nitrogens with one attached hydrogen (secondary N) is 1. The molecular formula is C13H24ClN3O2. The Morgan fingerprint density at radius 2 is 1.84 bits per heavy atom. The quantitative estimate of drug-likeness (QED) is 0.802. The Labute approximate surface area is 120 Å². The molecule has 6 heteroatoms. The molecule has 2 amide bonds. The van der Waals surface area contributed by atoms with Gasteiger partial charge in [0.2, 0.25) is 11.8 Å². The van der Waals surface area contributed by atoms with Crippen LogP contribution in [0.4, 0.5) is 0 Å². The molecule has 110 valence electrons. The van der Waals surface area contributed by atoms with Gasteiger partial charge in [-0.2, -0.15) is 0 Å². The summed E-state index contributed by atoms with van der Waals surface area (Å²) in [6, 6.07) is 0.142. The monoisotopic (exact) mass is 289 g/mol. The summed E-state index contributed by atoms with van der Waals surface area (Å²) in [5, 5.41) is 2.76. The van der Waals surface area contributed by atoms with E-state index in [9.17, 15) is 9.59 Å². The van der Waals surface area contributed by atoms with Gasteiger partial charge < -0.3 is 16.0 Å². The fourth-order valence-corrected chi connectivity index (χ4v) is 2.85. The number of amides is 2.